The molecule has 0 heteroatoms. The number of benzene rings is 6. The lowest BCUT2D eigenvalue weighted by Gasteiger charge is -2.09. The molecular weight excluding hydrogens is 456 g/mol. The Bertz CT molecular complexity index is 1660. The lowest BCUT2D eigenvalue weighted by atomic mass is 9.95. The van der Waals surface area contributed by atoms with Crippen LogP contribution < -0.4 is 0 Å². The van der Waals surface area contributed by atoms with Gasteiger partial charge in [-0.1, -0.05) is 135 Å². The summed E-state index contributed by atoms with van der Waals surface area (Å²) in [4.78, 5) is 0. The Morgan fingerprint density at radius 2 is 0.711 bits per heavy atom. The van der Waals surface area contributed by atoms with E-state index < -0.39 is 0 Å². The fraction of sp³-hybridized carbons (Fsp3) is 0.105. The monoisotopic (exact) mass is 488 g/mol. The van der Waals surface area contributed by atoms with E-state index in [9.17, 15) is 0 Å². The van der Waals surface area contributed by atoms with Gasteiger partial charge >= 0.3 is 0 Å². The zero-order valence-corrected chi connectivity index (χ0v) is 22.1. The average Bonchev–Trinajstić information content (AvgIpc) is 2.98. The van der Waals surface area contributed by atoms with Crippen LogP contribution in [0.4, 0.5) is 0 Å². The number of hydrogen-bond donors (Lipinski definition) is 0. The van der Waals surface area contributed by atoms with Crippen molar-refractivity contribution in [3.63, 3.8) is 0 Å². The van der Waals surface area contributed by atoms with Crippen molar-refractivity contribution < 1.29 is 0 Å². The molecule has 0 fully saturated rings. The molecule has 0 radical (unpaired) electrons. The summed E-state index contributed by atoms with van der Waals surface area (Å²) in [7, 11) is 0. The van der Waals surface area contributed by atoms with Gasteiger partial charge in [0.2, 0.25) is 0 Å². The van der Waals surface area contributed by atoms with Gasteiger partial charge in [-0.2, -0.15) is 0 Å². The molecule has 0 amide bonds. The summed E-state index contributed by atoms with van der Waals surface area (Å²) in [5, 5.41) is 7.75. The Balaban J connectivity index is 1.29. The maximum Gasteiger partial charge on any atom is -0.00990 e. The van der Waals surface area contributed by atoms with Crippen LogP contribution in [0.3, 0.4) is 0 Å². The van der Waals surface area contributed by atoms with Gasteiger partial charge in [0, 0.05) is 0 Å². The highest BCUT2D eigenvalue weighted by atomic mass is 14.1. The van der Waals surface area contributed by atoms with Gasteiger partial charge in [-0.25, -0.2) is 0 Å². The highest BCUT2D eigenvalue weighted by molar-refractivity contribution is 6.17. The second-order valence-electron chi connectivity index (χ2n) is 10.0. The van der Waals surface area contributed by atoms with Crippen LogP contribution in [0.25, 0.3) is 56.6 Å². The summed E-state index contributed by atoms with van der Waals surface area (Å²) in [6.07, 6.45) is 11.0. The van der Waals surface area contributed by atoms with Gasteiger partial charge in [-0.3, -0.25) is 0 Å². The third kappa shape index (κ3) is 4.91. The van der Waals surface area contributed by atoms with Crippen LogP contribution in [-0.2, 0) is 12.8 Å². The number of fused-ring (bicyclic) bond motifs is 5. The van der Waals surface area contributed by atoms with Crippen molar-refractivity contribution in [3.8, 4) is 0 Å². The van der Waals surface area contributed by atoms with E-state index in [1.54, 1.807) is 0 Å². The Hall–Kier alpha value is -4.42. The first kappa shape index (κ1) is 23.9. The molecule has 6 aromatic carbocycles. The van der Waals surface area contributed by atoms with E-state index in [4.69, 9.17) is 0 Å². The highest BCUT2D eigenvalue weighted by Crippen LogP contribution is 2.32. The number of rotatable bonds is 6. The molecule has 0 bridgehead atoms. The molecule has 184 valence electrons. The number of aryl methyl sites for hydroxylation is 2. The minimum absolute atomic E-state index is 1.07. The predicted octanol–water partition coefficient (Wildman–Crippen LogP) is 10.6. The molecule has 0 saturated heterocycles. The molecule has 0 aliphatic carbocycles. The minimum atomic E-state index is 1.07. The molecule has 6 aromatic rings. The van der Waals surface area contributed by atoms with Gasteiger partial charge in [0.25, 0.3) is 0 Å². The zero-order valence-electron chi connectivity index (χ0n) is 22.1. The molecule has 0 N–H and O–H groups in total. The van der Waals surface area contributed by atoms with E-state index >= 15 is 0 Å². The van der Waals surface area contributed by atoms with Crippen molar-refractivity contribution in [2.45, 2.75) is 26.7 Å². The third-order valence-corrected chi connectivity index (χ3v) is 7.59. The maximum atomic E-state index is 2.29. The van der Waals surface area contributed by atoms with E-state index in [2.05, 4.69) is 147 Å². The molecule has 38 heavy (non-hydrogen) atoms. The Labute approximate surface area is 225 Å². The lowest BCUT2D eigenvalue weighted by molar-refractivity contribution is 1.14. The molecule has 0 atom stereocenters. The minimum Gasteiger partial charge on any atom is -0.0613 e. The van der Waals surface area contributed by atoms with Crippen molar-refractivity contribution in [1.29, 1.82) is 0 Å². The van der Waals surface area contributed by atoms with Crippen LogP contribution in [0, 0.1) is 0 Å². The second-order valence-corrected chi connectivity index (χ2v) is 10.0. The van der Waals surface area contributed by atoms with Gasteiger partial charge in [-0.15, -0.1) is 0 Å². The van der Waals surface area contributed by atoms with Crippen molar-refractivity contribution in [1.82, 2.24) is 0 Å². The Morgan fingerprint density at radius 3 is 1.11 bits per heavy atom. The van der Waals surface area contributed by atoms with E-state index in [0.717, 1.165) is 12.8 Å². The molecule has 0 unspecified atom stereocenters. The van der Waals surface area contributed by atoms with Gasteiger partial charge in [0.05, 0.1) is 0 Å². The summed E-state index contributed by atoms with van der Waals surface area (Å²) in [5.41, 5.74) is 7.65. The normalized spacial score (nSPS) is 11.9. The van der Waals surface area contributed by atoms with Crippen molar-refractivity contribution in [2.24, 2.45) is 0 Å². The smallest absolute Gasteiger partial charge is 0.00990 e. The van der Waals surface area contributed by atoms with Crippen molar-refractivity contribution in [3.05, 3.63) is 143 Å². The summed E-state index contributed by atoms with van der Waals surface area (Å²) in [5.74, 6) is 0. The first-order chi connectivity index (χ1) is 18.7. The van der Waals surface area contributed by atoms with Gasteiger partial charge in [-0.05, 0) is 90.7 Å². The van der Waals surface area contributed by atoms with Crippen LogP contribution in [0.2, 0.25) is 0 Å². The molecule has 6 rings (SSSR count). The van der Waals surface area contributed by atoms with E-state index in [-0.39, 0.29) is 0 Å². The molecule has 0 heterocycles. The quantitative estimate of drug-likeness (QED) is 0.161. The maximum absolute atomic E-state index is 2.29. The molecular formula is C38H32. The van der Waals surface area contributed by atoms with Gasteiger partial charge < -0.3 is 0 Å². The molecule has 0 spiro atoms. The predicted molar refractivity (Wildman–Crippen MR) is 168 cm³/mol. The fourth-order valence-electron chi connectivity index (χ4n) is 5.25. The van der Waals surface area contributed by atoms with Crippen LogP contribution in [0.15, 0.2) is 109 Å². The van der Waals surface area contributed by atoms with Crippen LogP contribution >= 0.6 is 0 Å². The molecule has 0 aromatic heterocycles. The first-order valence-corrected chi connectivity index (χ1v) is 13.6. The largest absolute Gasteiger partial charge is 0.0613 e. The Morgan fingerprint density at radius 1 is 0.368 bits per heavy atom. The van der Waals surface area contributed by atoms with Crippen molar-refractivity contribution in [2.75, 3.05) is 0 Å². The fourth-order valence-corrected chi connectivity index (χ4v) is 5.25. The average molecular weight is 489 g/mol. The molecule has 0 nitrogen and oxygen atoms in total. The molecule has 0 aliphatic rings. The van der Waals surface area contributed by atoms with Gasteiger partial charge in [0.1, 0.15) is 0 Å². The Kier molecular flexibility index (Phi) is 6.63. The molecule has 0 aliphatic heterocycles. The standard InChI is InChI=1S/C38H32/c1-3-27-5-9-29(10-6-27)13-15-31-17-21-35-33(25-31)19-23-38-36-22-18-32(26-34(36)20-24-37(35)38)16-14-30-11-7-28(4-2)8-12-30/h5-26H,3-4H2,1-2H3. The van der Waals surface area contributed by atoms with Crippen LogP contribution in [-0.4, -0.2) is 0 Å². The summed E-state index contributed by atoms with van der Waals surface area (Å²) in [6.45, 7) is 4.38. The molecule has 0 saturated carbocycles. The first-order valence-electron chi connectivity index (χ1n) is 13.6. The van der Waals surface area contributed by atoms with Crippen molar-refractivity contribution >= 4 is 56.6 Å². The van der Waals surface area contributed by atoms with E-state index in [0.29, 0.717) is 0 Å². The SMILES string of the molecule is CCc1ccc(C=Cc2ccc3c(ccc4c5ccc(C=Cc6ccc(CC)cc6)cc5ccc34)c2)cc1. The third-order valence-electron chi connectivity index (χ3n) is 7.59. The van der Waals surface area contributed by atoms with E-state index in [1.807, 2.05) is 0 Å². The summed E-state index contributed by atoms with van der Waals surface area (Å²) >= 11 is 0. The summed E-state index contributed by atoms with van der Waals surface area (Å²) < 4.78 is 0. The lowest BCUT2D eigenvalue weighted by Crippen LogP contribution is -1.83. The zero-order chi connectivity index (χ0) is 25.9. The van der Waals surface area contributed by atoms with Crippen LogP contribution in [0.1, 0.15) is 47.2 Å². The highest BCUT2D eigenvalue weighted by Gasteiger charge is 2.06. The van der Waals surface area contributed by atoms with Gasteiger partial charge in [0.15, 0.2) is 0 Å². The topological polar surface area (TPSA) is 0 Å². The van der Waals surface area contributed by atoms with Crippen LogP contribution in [0.5, 0.6) is 0 Å². The second kappa shape index (κ2) is 10.5. The van der Waals surface area contributed by atoms with E-state index in [1.165, 1.54) is 65.7 Å². The summed E-state index contributed by atoms with van der Waals surface area (Å²) in [6, 6.07) is 40.3. The number of hydrogen-bond acceptors (Lipinski definition) is 0.